The van der Waals surface area contributed by atoms with Gasteiger partial charge in [0.1, 0.15) is 0 Å². The molecule has 3 aromatic rings. The number of carbonyl (C=O) groups is 1. The molecular weight excluding hydrogens is 484 g/mol. The molecule has 0 fully saturated rings. The predicted octanol–water partition coefficient (Wildman–Crippen LogP) is 5.82. The Bertz CT molecular complexity index is 1620. The highest BCUT2D eigenvalue weighted by Gasteiger charge is 2.44. The van der Waals surface area contributed by atoms with Gasteiger partial charge in [0.15, 0.2) is 6.23 Å². The molecule has 8 rings (SSSR count). The number of aliphatic hydroxyl groups excluding tert-OH is 1. The summed E-state index contributed by atoms with van der Waals surface area (Å²) >= 11 is 0. The molecule has 4 aliphatic heterocycles. The maximum Gasteiger partial charge on any atom is 0.258 e. The molecule has 39 heavy (non-hydrogen) atoms. The maximum atomic E-state index is 13.9. The fourth-order valence-electron chi connectivity index (χ4n) is 7.45. The van der Waals surface area contributed by atoms with Gasteiger partial charge in [0, 0.05) is 55.2 Å². The molecule has 1 aliphatic carbocycles. The van der Waals surface area contributed by atoms with E-state index >= 15 is 0 Å². The van der Waals surface area contributed by atoms with Crippen LogP contribution in [0, 0.1) is 5.92 Å². The van der Waals surface area contributed by atoms with Gasteiger partial charge in [-0.2, -0.15) is 0 Å². The number of benzene rings is 3. The minimum atomic E-state index is -0.998. The highest BCUT2D eigenvalue weighted by atomic mass is 16.3. The zero-order valence-corrected chi connectivity index (χ0v) is 22.4. The normalized spacial score (nSPS) is 22.8. The highest BCUT2D eigenvalue weighted by molar-refractivity contribution is 6.09. The lowest BCUT2D eigenvalue weighted by atomic mass is 9.98. The van der Waals surface area contributed by atoms with Crippen LogP contribution >= 0.6 is 0 Å². The van der Waals surface area contributed by atoms with Crippen molar-refractivity contribution in [2.45, 2.75) is 32.4 Å². The summed E-state index contributed by atoms with van der Waals surface area (Å²) in [6.07, 6.45) is 6.39. The minimum absolute atomic E-state index is 0.109. The summed E-state index contributed by atoms with van der Waals surface area (Å²) in [6, 6.07) is 19.4. The van der Waals surface area contributed by atoms with Gasteiger partial charge in [0.25, 0.3) is 5.91 Å². The van der Waals surface area contributed by atoms with Gasteiger partial charge in [-0.15, -0.1) is 0 Å². The van der Waals surface area contributed by atoms with Crippen LogP contribution in [0.25, 0.3) is 0 Å². The van der Waals surface area contributed by atoms with Crippen LogP contribution in [0.15, 0.2) is 78.0 Å². The molecule has 0 saturated carbocycles. The average Bonchev–Trinajstić information content (AvgIpc) is 3.77. The van der Waals surface area contributed by atoms with Crippen molar-refractivity contribution >= 4 is 34.3 Å². The minimum Gasteiger partial charge on any atom is -0.369 e. The molecule has 2 unspecified atom stereocenters. The Morgan fingerprint density at radius 3 is 2.18 bits per heavy atom. The third-order valence-electron chi connectivity index (χ3n) is 9.32. The topological polar surface area (TPSA) is 50.3 Å². The molecule has 2 atom stereocenters. The van der Waals surface area contributed by atoms with Gasteiger partial charge in [0.05, 0.1) is 22.6 Å². The van der Waals surface area contributed by atoms with Gasteiger partial charge in [-0.25, -0.2) is 0 Å². The van der Waals surface area contributed by atoms with Gasteiger partial charge < -0.3 is 24.7 Å². The van der Waals surface area contributed by atoms with Gasteiger partial charge >= 0.3 is 0 Å². The van der Waals surface area contributed by atoms with Crippen LogP contribution in [0.5, 0.6) is 0 Å². The summed E-state index contributed by atoms with van der Waals surface area (Å²) in [6.45, 7) is 4.76. The molecule has 0 aromatic heterocycles. The molecular formula is C33H32N4O2. The third kappa shape index (κ3) is 3.09. The van der Waals surface area contributed by atoms with Gasteiger partial charge in [0.2, 0.25) is 0 Å². The van der Waals surface area contributed by atoms with Gasteiger partial charge in [-0.3, -0.25) is 4.79 Å². The number of allylic oxidation sites excluding steroid dienone is 2. The van der Waals surface area contributed by atoms with E-state index in [1.54, 1.807) is 7.05 Å². The van der Waals surface area contributed by atoms with E-state index in [0.29, 0.717) is 11.5 Å². The van der Waals surface area contributed by atoms with Crippen LogP contribution in [0.1, 0.15) is 46.6 Å². The second-order valence-electron chi connectivity index (χ2n) is 11.4. The molecule has 6 nitrogen and oxygen atoms in total. The van der Waals surface area contributed by atoms with Crippen molar-refractivity contribution in [2.24, 2.45) is 5.92 Å². The molecule has 0 saturated heterocycles. The molecule has 0 spiro atoms. The van der Waals surface area contributed by atoms with Crippen LogP contribution in [0.4, 0.5) is 28.4 Å². The largest absolute Gasteiger partial charge is 0.369 e. The summed E-state index contributed by atoms with van der Waals surface area (Å²) in [7, 11) is 1.72. The SMILES string of the molecule is CC1C=CC2=C1N(c1cc(N3CCc4ccccc43)c(N3CCc4ccccc43)c3c1C(=O)N(C)C3O)CC2. The van der Waals surface area contributed by atoms with E-state index in [-0.39, 0.29) is 5.91 Å². The lowest BCUT2D eigenvalue weighted by Crippen LogP contribution is -2.27. The number of fused-ring (bicyclic) bond motifs is 3. The molecule has 3 aromatic carbocycles. The summed E-state index contributed by atoms with van der Waals surface area (Å²) in [5, 5.41) is 11.7. The molecule has 1 amide bonds. The van der Waals surface area contributed by atoms with Crippen molar-refractivity contribution < 1.29 is 9.90 Å². The number of hydrogen-bond acceptors (Lipinski definition) is 5. The third-order valence-corrected chi connectivity index (χ3v) is 9.32. The second kappa shape index (κ2) is 8.23. The van der Waals surface area contributed by atoms with Gasteiger partial charge in [-0.05, 0) is 54.2 Å². The zero-order chi connectivity index (χ0) is 26.4. The fraction of sp³-hybridized carbons (Fsp3) is 0.303. The van der Waals surface area contributed by atoms with Crippen LogP contribution in [-0.2, 0) is 12.8 Å². The number of aliphatic hydroxyl groups is 1. The highest BCUT2D eigenvalue weighted by Crippen LogP contribution is 2.54. The lowest BCUT2D eigenvalue weighted by molar-refractivity contribution is 0.0304. The first-order valence-corrected chi connectivity index (χ1v) is 14.1. The van der Waals surface area contributed by atoms with Crippen molar-refractivity contribution in [1.29, 1.82) is 0 Å². The number of para-hydroxylation sites is 2. The Morgan fingerprint density at radius 2 is 1.44 bits per heavy atom. The van der Waals surface area contributed by atoms with Crippen LogP contribution in [-0.4, -0.2) is 42.6 Å². The lowest BCUT2D eigenvalue weighted by Gasteiger charge is -2.34. The van der Waals surface area contributed by atoms with E-state index in [9.17, 15) is 9.90 Å². The van der Waals surface area contributed by atoms with E-state index < -0.39 is 6.23 Å². The molecule has 4 heterocycles. The first kappa shape index (κ1) is 22.9. The van der Waals surface area contributed by atoms with E-state index in [2.05, 4.69) is 88.4 Å². The van der Waals surface area contributed by atoms with Crippen molar-refractivity contribution in [3.63, 3.8) is 0 Å². The summed E-state index contributed by atoms with van der Waals surface area (Å²) in [4.78, 5) is 22.5. The monoisotopic (exact) mass is 516 g/mol. The van der Waals surface area contributed by atoms with Crippen molar-refractivity contribution in [3.05, 3.63) is 100 Å². The summed E-state index contributed by atoms with van der Waals surface area (Å²) in [5.74, 6) is 0.195. The van der Waals surface area contributed by atoms with Crippen LogP contribution in [0.2, 0.25) is 0 Å². The number of anilines is 5. The van der Waals surface area contributed by atoms with E-state index in [4.69, 9.17) is 0 Å². The van der Waals surface area contributed by atoms with Crippen molar-refractivity contribution in [1.82, 2.24) is 4.90 Å². The second-order valence-corrected chi connectivity index (χ2v) is 11.4. The average molecular weight is 517 g/mol. The molecule has 5 aliphatic rings. The number of rotatable bonds is 3. The Balaban J connectivity index is 1.42. The number of carbonyl (C=O) groups excluding carboxylic acids is 1. The smallest absolute Gasteiger partial charge is 0.258 e. The zero-order valence-electron chi connectivity index (χ0n) is 22.4. The summed E-state index contributed by atoms with van der Waals surface area (Å²) in [5.41, 5.74) is 12.0. The molecule has 1 N–H and O–H groups in total. The molecule has 196 valence electrons. The van der Waals surface area contributed by atoms with E-state index in [0.717, 1.165) is 67.2 Å². The number of hydrogen-bond donors (Lipinski definition) is 1. The Kier molecular flexibility index (Phi) is 4.84. The van der Waals surface area contributed by atoms with E-state index in [1.807, 2.05) is 0 Å². The Morgan fingerprint density at radius 1 is 0.795 bits per heavy atom. The molecule has 6 heteroatoms. The first-order chi connectivity index (χ1) is 19.0. The standard InChI is InChI=1S/C33H32N4O2/c1-20-11-12-23-15-18-37(30(20)23)26-19-27(35-16-13-21-7-3-5-9-24(21)35)31(29-28(26)32(38)34(2)33(29)39)36-17-14-22-8-4-6-10-25(22)36/h3-12,19-20,33,39H,13-18H2,1-2H3. The van der Waals surface area contributed by atoms with Crippen molar-refractivity contribution in [2.75, 3.05) is 41.4 Å². The van der Waals surface area contributed by atoms with Crippen LogP contribution in [0.3, 0.4) is 0 Å². The first-order valence-electron chi connectivity index (χ1n) is 14.1. The van der Waals surface area contributed by atoms with E-state index in [1.165, 1.54) is 33.0 Å². The van der Waals surface area contributed by atoms with Gasteiger partial charge in [-0.1, -0.05) is 55.5 Å². The molecule has 0 radical (unpaired) electrons. The quantitative estimate of drug-likeness (QED) is 0.475. The number of amides is 1. The summed E-state index contributed by atoms with van der Waals surface area (Å²) < 4.78 is 0. The predicted molar refractivity (Wildman–Crippen MR) is 155 cm³/mol. The number of nitrogens with zero attached hydrogens (tertiary/aromatic N) is 4. The fourth-order valence-corrected chi connectivity index (χ4v) is 7.45. The maximum absolute atomic E-state index is 13.9. The van der Waals surface area contributed by atoms with Crippen LogP contribution < -0.4 is 14.7 Å². The molecule has 0 bridgehead atoms. The van der Waals surface area contributed by atoms with Crippen molar-refractivity contribution in [3.8, 4) is 0 Å². The Hall–Kier alpha value is -4.03. The Labute approximate surface area is 229 Å².